The molecule has 4 fully saturated rings. The maximum Gasteiger partial charge on any atom is 0.0140 e. The second kappa shape index (κ2) is 6.10. The molecule has 2 heteroatoms. The minimum atomic E-state index is 0.946. The van der Waals surface area contributed by atoms with Gasteiger partial charge >= 0.3 is 0 Å². The zero-order valence-electron chi connectivity index (χ0n) is 12.9. The molecule has 4 bridgehead atoms. The first-order valence-electron chi connectivity index (χ1n) is 8.88. The van der Waals surface area contributed by atoms with E-state index in [1.54, 1.807) is 6.42 Å². The van der Waals surface area contributed by atoms with Crippen LogP contribution < -0.4 is 10.9 Å². The number of hydrogen-bond acceptors (Lipinski definition) is 2. The van der Waals surface area contributed by atoms with E-state index in [-0.39, 0.29) is 0 Å². The van der Waals surface area contributed by atoms with Gasteiger partial charge < -0.3 is 0 Å². The maximum atomic E-state index is 3.53. The Hall–Kier alpha value is -0.860. The summed E-state index contributed by atoms with van der Waals surface area (Å²) in [5.74, 6) is 5.20. The van der Waals surface area contributed by atoms with E-state index in [1.807, 2.05) is 0 Å². The van der Waals surface area contributed by atoms with Crippen molar-refractivity contribution in [3.05, 3.63) is 35.9 Å². The topological polar surface area (TPSA) is 24.1 Å². The highest BCUT2D eigenvalue weighted by Crippen LogP contribution is 2.56. The number of hydrogen-bond donors (Lipinski definition) is 2. The molecule has 0 atom stereocenters. The van der Waals surface area contributed by atoms with E-state index in [0.29, 0.717) is 0 Å². The van der Waals surface area contributed by atoms with Crippen LogP contribution in [0.15, 0.2) is 30.3 Å². The molecule has 0 heterocycles. The fourth-order valence-corrected chi connectivity index (χ4v) is 5.50. The molecule has 4 aliphatic carbocycles. The highest BCUT2D eigenvalue weighted by atomic mass is 15.3. The van der Waals surface area contributed by atoms with Crippen LogP contribution in [-0.2, 0) is 6.42 Å². The molecule has 1 aromatic rings. The molecule has 0 unspecified atom stereocenters. The zero-order valence-corrected chi connectivity index (χ0v) is 12.9. The van der Waals surface area contributed by atoms with Gasteiger partial charge in [0, 0.05) is 13.1 Å². The van der Waals surface area contributed by atoms with Crippen molar-refractivity contribution in [1.29, 1.82) is 0 Å². The highest BCUT2D eigenvalue weighted by Gasteiger charge is 2.47. The van der Waals surface area contributed by atoms with E-state index in [4.69, 9.17) is 0 Å². The van der Waals surface area contributed by atoms with E-state index in [2.05, 4.69) is 41.2 Å². The summed E-state index contributed by atoms with van der Waals surface area (Å²) in [4.78, 5) is 0. The summed E-state index contributed by atoms with van der Waals surface area (Å²) in [6, 6.07) is 10.7. The molecule has 114 valence electrons. The van der Waals surface area contributed by atoms with Gasteiger partial charge in [0.1, 0.15) is 0 Å². The number of benzene rings is 1. The van der Waals surface area contributed by atoms with Gasteiger partial charge in [-0.1, -0.05) is 30.3 Å². The maximum absolute atomic E-state index is 3.53. The predicted molar refractivity (Wildman–Crippen MR) is 86.7 cm³/mol. The Labute approximate surface area is 128 Å². The van der Waals surface area contributed by atoms with E-state index < -0.39 is 0 Å². The van der Waals surface area contributed by atoms with E-state index in [1.165, 1.54) is 37.8 Å². The van der Waals surface area contributed by atoms with Gasteiger partial charge in [0.25, 0.3) is 0 Å². The summed E-state index contributed by atoms with van der Waals surface area (Å²) in [5.41, 5.74) is 8.39. The van der Waals surface area contributed by atoms with Crippen molar-refractivity contribution in [3.8, 4) is 0 Å². The third-order valence-electron chi connectivity index (χ3n) is 6.27. The summed E-state index contributed by atoms with van der Waals surface area (Å²) in [7, 11) is 0. The summed E-state index contributed by atoms with van der Waals surface area (Å²) in [6.07, 6.45) is 8.79. The Kier molecular flexibility index (Phi) is 4.00. The molecule has 0 radical (unpaired) electrons. The largest absolute Gasteiger partial charge is 0.258 e. The van der Waals surface area contributed by atoms with Crippen LogP contribution in [0.25, 0.3) is 0 Å². The second-order valence-electron chi connectivity index (χ2n) is 7.64. The fraction of sp³-hybridized carbons (Fsp3) is 0.684. The Balaban J connectivity index is 1.19. The molecule has 4 aliphatic rings. The van der Waals surface area contributed by atoms with Crippen LogP contribution in [0.3, 0.4) is 0 Å². The Morgan fingerprint density at radius 2 is 1.48 bits per heavy atom. The first-order chi connectivity index (χ1) is 10.4. The molecular formula is C19H28N2. The lowest BCUT2D eigenvalue weighted by atomic mass is 9.52. The normalized spacial score (nSPS) is 37.0. The van der Waals surface area contributed by atoms with Gasteiger partial charge in [0.15, 0.2) is 0 Å². The standard InChI is InChI=1S/C19H28N2/c1-2-4-14(5-3-1)6-7-20-21-13-19-17-9-15-8-16(11-17)12-18(19)10-15/h1-5,15-21H,6-13H2. The van der Waals surface area contributed by atoms with Gasteiger partial charge in [-0.15, -0.1) is 0 Å². The van der Waals surface area contributed by atoms with Crippen molar-refractivity contribution in [2.75, 3.05) is 13.1 Å². The molecule has 0 amide bonds. The molecule has 0 aromatic heterocycles. The summed E-state index contributed by atoms with van der Waals surface area (Å²) in [6.45, 7) is 2.21. The molecular weight excluding hydrogens is 256 g/mol. The van der Waals surface area contributed by atoms with Gasteiger partial charge in [0.2, 0.25) is 0 Å². The fourth-order valence-electron chi connectivity index (χ4n) is 5.50. The van der Waals surface area contributed by atoms with Gasteiger partial charge in [0.05, 0.1) is 0 Å². The minimum Gasteiger partial charge on any atom is -0.258 e. The molecule has 2 N–H and O–H groups in total. The lowest BCUT2D eigenvalue weighted by molar-refractivity contribution is -0.0365. The van der Waals surface area contributed by atoms with Gasteiger partial charge in [-0.2, -0.15) is 0 Å². The third kappa shape index (κ3) is 3.02. The average Bonchev–Trinajstić information content (AvgIpc) is 2.50. The Morgan fingerprint density at radius 3 is 2.14 bits per heavy atom. The van der Waals surface area contributed by atoms with Crippen LogP contribution in [0.1, 0.15) is 37.7 Å². The van der Waals surface area contributed by atoms with Crippen LogP contribution in [0.4, 0.5) is 0 Å². The van der Waals surface area contributed by atoms with Gasteiger partial charge in [-0.05, 0) is 73.7 Å². The smallest absolute Gasteiger partial charge is 0.0140 e. The number of rotatable bonds is 6. The SMILES string of the molecule is c1ccc(CCNNCC2C3CC4CC(C3)CC2C4)cc1. The van der Waals surface area contributed by atoms with Crippen molar-refractivity contribution in [1.82, 2.24) is 10.9 Å². The molecule has 0 saturated heterocycles. The Morgan fingerprint density at radius 1 is 0.810 bits per heavy atom. The quantitative estimate of drug-likeness (QED) is 0.618. The molecule has 0 spiro atoms. The number of nitrogens with one attached hydrogen (secondary N) is 2. The monoisotopic (exact) mass is 284 g/mol. The number of hydrazine groups is 1. The molecule has 1 aromatic carbocycles. The van der Waals surface area contributed by atoms with Gasteiger partial charge in [-0.25, -0.2) is 0 Å². The average molecular weight is 284 g/mol. The van der Waals surface area contributed by atoms with Crippen molar-refractivity contribution in [2.24, 2.45) is 29.6 Å². The molecule has 2 nitrogen and oxygen atoms in total. The lowest BCUT2D eigenvalue weighted by Crippen LogP contribution is -2.50. The molecule has 4 saturated carbocycles. The van der Waals surface area contributed by atoms with E-state index in [0.717, 1.165) is 42.6 Å². The van der Waals surface area contributed by atoms with Gasteiger partial charge in [-0.3, -0.25) is 10.9 Å². The minimum absolute atomic E-state index is 0.946. The van der Waals surface area contributed by atoms with Crippen LogP contribution in [-0.4, -0.2) is 13.1 Å². The zero-order chi connectivity index (χ0) is 14.1. The van der Waals surface area contributed by atoms with Crippen molar-refractivity contribution < 1.29 is 0 Å². The summed E-state index contributed by atoms with van der Waals surface area (Å²) >= 11 is 0. The first-order valence-corrected chi connectivity index (χ1v) is 8.88. The van der Waals surface area contributed by atoms with Crippen molar-refractivity contribution in [2.45, 2.75) is 38.5 Å². The van der Waals surface area contributed by atoms with Crippen molar-refractivity contribution >= 4 is 0 Å². The molecule has 5 rings (SSSR count). The van der Waals surface area contributed by atoms with Crippen molar-refractivity contribution in [3.63, 3.8) is 0 Å². The summed E-state index contributed by atoms with van der Waals surface area (Å²) < 4.78 is 0. The summed E-state index contributed by atoms with van der Waals surface area (Å²) in [5, 5.41) is 0. The van der Waals surface area contributed by atoms with Crippen LogP contribution in [0.5, 0.6) is 0 Å². The predicted octanol–water partition coefficient (Wildman–Crippen LogP) is 3.40. The van der Waals surface area contributed by atoms with Crippen LogP contribution in [0.2, 0.25) is 0 Å². The first kappa shape index (κ1) is 13.8. The molecule has 21 heavy (non-hydrogen) atoms. The van der Waals surface area contributed by atoms with E-state index >= 15 is 0 Å². The Bertz CT molecular complexity index is 428. The third-order valence-corrected chi connectivity index (χ3v) is 6.27. The highest BCUT2D eigenvalue weighted by molar-refractivity contribution is 5.14. The van der Waals surface area contributed by atoms with Crippen LogP contribution >= 0.6 is 0 Å². The molecule has 0 aliphatic heterocycles. The van der Waals surface area contributed by atoms with Crippen LogP contribution in [0, 0.1) is 29.6 Å². The lowest BCUT2D eigenvalue weighted by Gasteiger charge is -2.54. The van der Waals surface area contributed by atoms with E-state index in [9.17, 15) is 0 Å². The second-order valence-corrected chi connectivity index (χ2v) is 7.64.